The quantitative estimate of drug-likeness (QED) is 0.657. The van der Waals surface area contributed by atoms with Crippen molar-refractivity contribution < 1.29 is 4.74 Å². The summed E-state index contributed by atoms with van der Waals surface area (Å²) in [5.74, 6) is 2.28. The van der Waals surface area contributed by atoms with Crippen molar-refractivity contribution in [3.8, 4) is 29.1 Å². The number of nitrogens with two attached hydrogens (primary N) is 1. The molecule has 0 spiro atoms. The zero-order valence-corrected chi connectivity index (χ0v) is 16.7. The highest BCUT2D eigenvalue weighted by Crippen LogP contribution is 2.42. The topological polar surface area (TPSA) is 103 Å². The molecule has 2 heterocycles. The average molecular weight is 388 g/mol. The van der Waals surface area contributed by atoms with Gasteiger partial charge in [0.15, 0.2) is 5.82 Å². The Hall–Kier alpha value is -3.24. The van der Waals surface area contributed by atoms with E-state index < -0.39 is 0 Å². The van der Waals surface area contributed by atoms with E-state index in [0.29, 0.717) is 35.5 Å². The van der Waals surface area contributed by atoms with Crippen LogP contribution in [0.2, 0.25) is 0 Å². The van der Waals surface area contributed by atoms with Gasteiger partial charge in [-0.25, -0.2) is 14.6 Å². The molecule has 1 aliphatic carbocycles. The highest BCUT2D eigenvalue weighted by atomic mass is 16.5. The zero-order chi connectivity index (χ0) is 20.4. The van der Waals surface area contributed by atoms with Crippen LogP contribution in [0, 0.1) is 11.3 Å². The van der Waals surface area contributed by atoms with Crippen LogP contribution in [0.3, 0.4) is 0 Å². The summed E-state index contributed by atoms with van der Waals surface area (Å²) in [6, 6.07) is 9.63. The first-order valence-corrected chi connectivity index (χ1v) is 9.92. The molecule has 0 atom stereocenters. The van der Waals surface area contributed by atoms with Gasteiger partial charge in [-0.2, -0.15) is 10.4 Å². The Morgan fingerprint density at radius 3 is 2.62 bits per heavy atom. The number of ether oxygens (including phenoxy) is 1. The third-order valence-electron chi connectivity index (χ3n) is 4.91. The van der Waals surface area contributed by atoms with Gasteiger partial charge in [-0.05, 0) is 63.4 Å². The summed E-state index contributed by atoms with van der Waals surface area (Å²) in [5.41, 5.74) is 8.90. The van der Waals surface area contributed by atoms with Gasteiger partial charge >= 0.3 is 0 Å². The minimum absolute atomic E-state index is 0.159. The molecule has 2 aromatic heterocycles. The minimum atomic E-state index is 0.159. The van der Waals surface area contributed by atoms with E-state index in [1.165, 1.54) is 12.8 Å². The van der Waals surface area contributed by atoms with Crippen molar-refractivity contribution >= 4 is 0 Å². The average Bonchev–Trinajstić information content (AvgIpc) is 3.49. The number of hydrogen-bond donors (Lipinski definition) is 1. The fourth-order valence-corrected chi connectivity index (χ4v) is 3.18. The summed E-state index contributed by atoms with van der Waals surface area (Å²) in [4.78, 5) is 8.95. The van der Waals surface area contributed by atoms with Gasteiger partial charge in [0, 0.05) is 24.4 Å². The van der Waals surface area contributed by atoms with E-state index in [2.05, 4.69) is 29.9 Å². The first-order valence-electron chi connectivity index (χ1n) is 9.92. The molecule has 2 N–H and O–H groups in total. The molecule has 7 nitrogen and oxygen atoms in total. The molecule has 0 radical (unpaired) electrons. The molecule has 7 heteroatoms. The maximum absolute atomic E-state index is 9.35. The molecule has 3 aromatic rings. The molecular weight excluding hydrogens is 364 g/mol. The van der Waals surface area contributed by atoms with Gasteiger partial charge in [0.2, 0.25) is 5.88 Å². The Morgan fingerprint density at radius 1 is 1.24 bits per heavy atom. The summed E-state index contributed by atoms with van der Waals surface area (Å²) >= 11 is 0. The van der Waals surface area contributed by atoms with Gasteiger partial charge in [-0.1, -0.05) is 0 Å². The van der Waals surface area contributed by atoms with Gasteiger partial charge in [-0.3, -0.25) is 0 Å². The zero-order valence-electron chi connectivity index (χ0n) is 16.7. The smallest absolute Gasteiger partial charge is 0.218 e. The van der Waals surface area contributed by atoms with Crippen LogP contribution in [-0.4, -0.2) is 26.3 Å². The molecule has 148 valence electrons. The Labute approximate surface area is 170 Å². The molecule has 29 heavy (non-hydrogen) atoms. The van der Waals surface area contributed by atoms with Crippen LogP contribution in [0.4, 0.5) is 0 Å². The van der Waals surface area contributed by atoms with Crippen molar-refractivity contribution in [1.29, 1.82) is 5.26 Å². The molecule has 1 saturated carbocycles. The second-order valence-corrected chi connectivity index (χ2v) is 7.60. The van der Waals surface area contributed by atoms with Crippen LogP contribution in [0.25, 0.3) is 11.4 Å². The van der Waals surface area contributed by atoms with Gasteiger partial charge in [-0.15, -0.1) is 0 Å². The van der Waals surface area contributed by atoms with E-state index in [4.69, 9.17) is 15.6 Å². The second-order valence-electron chi connectivity index (χ2n) is 7.60. The lowest BCUT2D eigenvalue weighted by atomic mass is 10.1. The predicted octanol–water partition coefficient (Wildman–Crippen LogP) is 3.96. The Bertz CT molecular complexity index is 1040. The molecule has 0 aliphatic heterocycles. The van der Waals surface area contributed by atoms with Gasteiger partial charge in [0.1, 0.15) is 5.75 Å². The summed E-state index contributed by atoms with van der Waals surface area (Å²) in [6.07, 6.45) is 6.63. The molecule has 0 amide bonds. The third kappa shape index (κ3) is 4.13. The standard InChI is InChI=1S/C22H24N6O/c1-14(2)28-21(10-19(27-28)17-4-5-17)29-20-9-15(11-24)3-6-18(20)22-25-12-16(7-8-23)13-26-22/h3,6,9-10,12-14,17H,4-5,7-8,23H2,1-2H3. The van der Waals surface area contributed by atoms with E-state index in [1.807, 2.05) is 16.8 Å². The summed E-state index contributed by atoms with van der Waals surface area (Å²) in [7, 11) is 0. The fourth-order valence-electron chi connectivity index (χ4n) is 3.18. The molecule has 4 rings (SSSR count). The van der Waals surface area contributed by atoms with Crippen LogP contribution < -0.4 is 10.5 Å². The number of rotatable bonds is 7. The van der Waals surface area contributed by atoms with Gasteiger partial charge < -0.3 is 10.5 Å². The summed E-state index contributed by atoms with van der Waals surface area (Å²) in [5, 5.41) is 14.1. The van der Waals surface area contributed by atoms with Crippen LogP contribution >= 0.6 is 0 Å². The van der Waals surface area contributed by atoms with Gasteiger partial charge in [0.05, 0.1) is 28.9 Å². The Kier molecular flexibility index (Phi) is 5.28. The van der Waals surface area contributed by atoms with Crippen LogP contribution in [0.5, 0.6) is 11.6 Å². The van der Waals surface area contributed by atoms with Crippen molar-refractivity contribution in [2.75, 3.05) is 6.54 Å². The van der Waals surface area contributed by atoms with Crippen molar-refractivity contribution in [3.63, 3.8) is 0 Å². The SMILES string of the molecule is CC(C)n1nc(C2CC2)cc1Oc1cc(C#N)ccc1-c1ncc(CCN)cn1. The van der Waals surface area contributed by atoms with Crippen LogP contribution in [0.1, 0.15) is 55.5 Å². The van der Waals surface area contributed by atoms with E-state index in [9.17, 15) is 5.26 Å². The second kappa shape index (κ2) is 8.02. The van der Waals surface area contributed by atoms with Crippen molar-refractivity contribution in [2.45, 2.75) is 45.1 Å². The van der Waals surface area contributed by atoms with Crippen LogP contribution in [0.15, 0.2) is 36.7 Å². The first kappa shape index (κ1) is 19.1. The minimum Gasteiger partial charge on any atom is -0.438 e. The van der Waals surface area contributed by atoms with E-state index >= 15 is 0 Å². The lowest BCUT2D eigenvalue weighted by Crippen LogP contribution is -2.06. The normalized spacial score (nSPS) is 13.5. The number of nitriles is 1. The van der Waals surface area contributed by atoms with E-state index in [1.54, 1.807) is 24.5 Å². The maximum Gasteiger partial charge on any atom is 0.218 e. The summed E-state index contributed by atoms with van der Waals surface area (Å²) < 4.78 is 8.18. The molecular formula is C22H24N6O. The number of nitrogens with zero attached hydrogens (tertiary/aromatic N) is 5. The highest BCUT2D eigenvalue weighted by Gasteiger charge is 2.28. The lowest BCUT2D eigenvalue weighted by molar-refractivity contribution is 0.388. The Balaban J connectivity index is 1.72. The van der Waals surface area contributed by atoms with Gasteiger partial charge in [0.25, 0.3) is 0 Å². The Morgan fingerprint density at radius 2 is 2.00 bits per heavy atom. The molecule has 0 unspecified atom stereocenters. The monoisotopic (exact) mass is 388 g/mol. The molecule has 1 aliphatic rings. The van der Waals surface area contributed by atoms with E-state index in [0.717, 1.165) is 23.2 Å². The highest BCUT2D eigenvalue weighted by molar-refractivity contribution is 5.66. The fraction of sp³-hybridized carbons (Fsp3) is 0.364. The van der Waals surface area contributed by atoms with Crippen molar-refractivity contribution in [1.82, 2.24) is 19.7 Å². The summed E-state index contributed by atoms with van der Waals surface area (Å²) in [6.45, 7) is 4.70. The molecule has 1 fully saturated rings. The van der Waals surface area contributed by atoms with E-state index in [-0.39, 0.29) is 6.04 Å². The lowest BCUT2D eigenvalue weighted by Gasteiger charge is -2.14. The first-order chi connectivity index (χ1) is 14.1. The number of hydrogen-bond acceptors (Lipinski definition) is 6. The maximum atomic E-state index is 9.35. The molecule has 0 bridgehead atoms. The predicted molar refractivity (Wildman–Crippen MR) is 110 cm³/mol. The number of benzene rings is 1. The largest absolute Gasteiger partial charge is 0.438 e. The molecule has 1 aromatic carbocycles. The number of aromatic nitrogens is 4. The van der Waals surface area contributed by atoms with Crippen molar-refractivity contribution in [3.05, 3.63) is 53.5 Å². The van der Waals surface area contributed by atoms with Crippen LogP contribution in [-0.2, 0) is 6.42 Å². The molecule has 0 saturated heterocycles. The van der Waals surface area contributed by atoms with Crippen molar-refractivity contribution in [2.24, 2.45) is 5.73 Å². The third-order valence-corrected chi connectivity index (χ3v) is 4.91.